The number of hydrogen-bond donors (Lipinski definition) is 5. The topological polar surface area (TPSA) is 110 Å². The molecule has 96 valence electrons. The lowest BCUT2D eigenvalue weighted by atomic mass is 9.90. The number of rotatable bonds is 3. The predicted octanol–water partition coefficient (Wildman–Crippen LogP) is -1.33. The van der Waals surface area contributed by atoms with Crippen molar-refractivity contribution in [3.8, 4) is 0 Å². The van der Waals surface area contributed by atoms with Gasteiger partial charge >= 0.3 is 0 Å². The maximum absolute atomic E-state index is 10.0. The third kappa shape index (κ3) is 2.26. The minimum absolute atomic E-state index is 0.0747. The minimum atomic E-state index is -2.11. The molecule has 1 unspecified atom stereocenters. The van der Waals surface area contributed by atoms with Crippen LogP contribution in [0, 0.1) is 0 Å². The highest BCUT2D eigenvalue weighted by Crippen LogP contribution is 2.40. The molecule has 0 bridgehead atoms. The molecule has 1 heterocycles. The second-order valence-corrected chi connectivity index (χ2v) is 5.28. The molecular formula is C9H17BrO6. The molecule has 5 N–H and O–H groups in total. The van der Waals surface area contributed by atoms with Crippen molar-refractivity contribution in [1.29, 1.82) is 0 Å². The van der Waals surface area contributed by atoms with Gasteiger partial charge in [-0.2, -0.15) is 0 Å². The van der Waals surface area contributed by atoms with Gasteiger partial charge in [-0.25, -0.2) is 0 Å². The molecule has 1 aliphatic rings. The van der Waals surface area contributed by atoms with Crippen molar-refractivity contribution in [1.82, 2.24) is 0 Å². The number of hydrogen-bond acceptors (Lipinski definition) is 6. The Bertz CT molecular complexity index is 248. The molecular weight excluding hydrogens is 284 g/mol. The molecule has 16 heavy (non-hydrogen) atoms. The van der Waals surface area contributed by atoms with Gasteiger partial charge in [-0.05, 0) is 15.9 Å². The average molecular weight is 301 g/mol. The molecule has 1 saturated heterocycles. The van der Waals surface area contributed by atoms with Gasteiger partial charge in [0.05, 0.1) is 6.61 Å². The fraction of sp³-hybridized carbons (Fsp3) is 1.00. The minimum Gasteiger partial charge on any atom is -0.394 e. The molecule has 7 heteroatoms. The first-order valence-electron chi connectivity index (χ1n) is 5.08. The Morgan fingerprint density at radius 1 is 1.31 bits per heavy atom. The standard InChI is InChI=1S/C9H17BrO6/c1-2-3-8(14)7(13)9(10,15)6(12)5(4-11)16-8/h5-7,11-15H,2-4H2,1H3/t5-,6-,7+,8?,9+/m1/s1. The molecule has 6 nitrogen and oxygen atoms in total. The van der Waals surface area contributed by atoms with E-state index in [9.17, 15) is 20.4 Å². The highest BCUT2D eigenvalue weighted by Gasteiger charge is 2.59. The molecule has 0 amide bonds. The Hall–Kier alpha value is 0.240. The van der Waals surface area contributed by atoms with E-state index in [0.717, 1.165) is 0 Å². The molecule has 0 spiro atoms. The lowest BCUT2D eigenvalue weighted by Gasteiger charge is -2.49. The summed E-state index contributed by atoms with van der Waals surface area (Å²) in [5.74, 6) is -1.99. The van der Waals surface area contributed by atoms with Crippen LogP contribution in [-0.2, 0) is 4.74 Å². The van der Waals surface area contributed by atoms with E-state index < -0.39 is 35.2 Å². The van der Waals surface area contributed by atoms with E-state index in [0.29, 0.717) is 6.42 Å². The smallest absolute Gasteiger partial charge is 0.196 e. The summed E-state index contributed by atoms with van der Waals surface area (Å²) in [7, 11) is 0. The van der Waals surface area contributed by atoms with Crippen LogP contribution in [0.4, 0.5) is 0 Å². The van der Waals surface area contributed by atoms with Crippen molar-refractivity contribution in [3.63, 3.8) is 0 Å². The van der Waals surface area contributed by atoms with Crippen LogP contribution >= 0.6 is 15.9 Å². The van der Waals surface area contributed by atoms with Crippen LogP contribution in [0.5, 0.6) is 0 Å². The van der Waals surface area contributed by atoms with Crippen LogP contribution in [-0.4, -0.2) is 60.7 Å². The van der Waals surface area contributed by atoms with Crippen LogP contribution < -0.4 is 0 Å². The summed E-state index contributed by atoms with van der Waals surface area (Å²) in [5, 5.41) is 48.2. The van der Waals surface area contributed by atoms with E-state index in [4.69, 9.17) is 9.84 Å². The number of alkyl halides is 1. The van der Waals surface area contributed by atoms with Crippen molar-refractivity contribution < 1.29 is 30.3 Å². The summed E-state index contributed by atoms with van der Waals surface area (Å²) in [4.78, 5) is 0. The van der Waals surface area contributed by atoms with Gasteiger partial charge in [-0.15, -0.1) is 0 Å². The van der Waals surface area contributed by atoms with E-state index in [1.165, 1.54) is 0 Å². The molecule has 1 aliphatic heterocycles. The fourth-order valence-electron chi connectivity index (χ4n) is 1.82. The highest BCUT2D eigenvalue weighted by molar-refractivity contribution is 9.10. The summed E-state index contributed by atoms with van der Waals surface area (Å²) >= 11 is 2.75. The SMILES string of the molecule is CCCC1(O)O[C@H](CO)[C@@H](O)[C@@](O)(Br)[C@H]1O. The van der Waals surface area contributed by atoms with Gasteiger partial charge in [-0.3, -0.25) is 0 Å². The zero-order chi connectivity index (χ0) is 12.6. The van der Waals surface area contributed by atoms with Crippen molar-refractivity contribution >= 4 is 15.9 Å². The predicted molar refractivity (Wildman–Crippen MR) is 57.7 cm³/mol. The number of ether oxygens (including phenoxy) is 1. The molecule has 0 aromatic heterocycles. The van der Waals surface area contributed by atoms with Crippen LogP contribution in [0.2, 0.25) is 0 Å². The van der Waals surface area contributed by atoms with Crippen LogP contribution in [0.25, 0.3) is 0 Å². The maximum atomic E-state index is 10.0. The third-order valence-corrected chi connectivity index (χ3v) is 3.62. The number of aliphatic hydroxyl groups is 5. The van der Waals surface area contributed by atoms with Crippen molar-refractivity contribution in [3.05, 3.63) is 0 Å². The summed E-state index contributed by atoms with van der Waals surface area (Å²) in [5.41, 5.74) is 0. The van der Waals surface area contributed by atoms with Gasteiger partial charge < -0.3 is 30.3 Å². The molecule has 5 atom stereocenters. The van der Waals surface area contributed by atoms with Crippen molar-refractivity contribution in [2.75, 3.05) is 6.61 Å². The molecule has 0 aromatic carbocycles. The summed E-state index contributed by atoms with van der Waals surface area (Å²) in [6, 6.07) is 0. The largest absolute Gasteiger partial charge is 0.394 e. The summed E-state index contributed by atoms with van der Waals surface area (Å²) in [6.45, 7) is 1.19. The Morgan fingerprint density at radius 3 is 2.31 bits per heavy atom. The zero-order valence-electron chi connectivity index (χ0n) is 8.88. The first-order valence-corrected chi connectivity index (χ1v) is 5.87. The zero-order valence-corrected chi connectivity index (χ0v) is 10.5. The van der Waals surface area contributed by atoms with Gasteiger partial charge in [0.2, 0.25) is 0 Å². The second kappa shape index (κ2) is 4.85. The molecule has 1 rings (SSSR count). The fourth-order valence-corrected chi connectivity index (χ4v) is 2.47. The van der Waals surface area contributed by atoms with Crippen molar-refractivity contribution in [2.45, 2.75) is 48.4 Å². The first-order chi connectivity index (χ1) is 7.29. The molecule has 0 aromatic rings. The van der Waals surface area contributed by atoms with Crippen molar-refractivity contribution in [2.24, 2.45) is 0 Å². The summed E-state index contributed by atoms with van der Waals surface area (Å²) in [6.07, 6.45) is -3.83. The Labute approximate surface area is 102 Å². The highest BCUT2D eigenvalue weighted by atomic mass is 79.9. The first kappa shape index (κ1) is 14.3. The molecule has 1 fully saturated rings. The number of halogens is 1. The quantitative estimate of drug-likeness (QED) is 0.413. The normalized spacial score (nSPS) is 49.3. The monoisotopic (exact) mass is 300 g/mol. The van der Waals surface area contributed by atoms with E-state index in [1.807, 2.05) is 0 Å². The van der Waals surface area contributed by atoms with Crippen LogP contribution in [0.3, 0.4) is 0 Å². The van der Waals surface area contributed by atoms with Gasteiger partial charge in [0.1, 0.15) is 18.3 Å². The Kier molecular flexibility index (Phi) is 4.34. The van der Waals surface area contributed by atoms with Crippen LogP contribution in [0.15, 0.2) is 0 Å². The van der Waals surface area contributed by atoms with E-state index in [2.05, 4.69) is 15.9 Å². The number of aliphatic hydroxyl groups excluding tert-OH is 3. The Morgan fingerprint density at radius 2 is 1.88 bits per heavy atom. The Balaban J connectivity index is 2.98. The van der Waals surface area contributed by atoms with Gasteiger partial charge in [-0.1, -0.05) is 13.3 Å². The lowest BCUT2D eigenvalue weighted by molar-refractivity contribution is -0.357. The molecule has 0 radical (unpaired) electrons. The van der Waals surface area contributed by atoms with E-state index in [-0.39, 0.29) is 6.42 Å². The van der Waals surface area contributed by atoms with Gasteiger partial charge in [0.15, 0.2) is 10.3 Å². The third-order valence-electron chi connectivity index (χ3n) is 2.72. The van der Waals surface area contributed by atoms with Crippen LogP contribution in [0.1, 0.15) is 19.8 Å². The molecule has 0 saturated carbocycles. The van der Waals surface area contributed by atoms with E-state index in [1.54, 1.807) is 6.92 Å². The van der Waals surface area contributed by atoms with E-state index >= 15 is 0 Å². The van der Waals surface area contributed by atoms with Gasteiger partial charge in [0, 0.05) is 6.42 Å². The lowest BCUT2D eigenvalue weighted by Crippen LogP contribution is -2.69. The molecule has 0 aliphatic carbocycles. The average Bonchev–Trinajstić information content (AvgIpc) is 2.22. The maximum Gasteiger partial charge on any atom is 0.196 e. The summed E-state index contributed by atoms with van der Waals surface area (Å²) < 4.78 is 2.93. The van der Waals surface area contributed by atoms with Gasteiger partial charge in [0.25, 0.3) is 0 Å². The second-order valence-electron chi connectivity index (χ2n) is 4.01.